The van der Waals surface area contributed by atoms with Crippen LogP contribution in [-0.2, 0) is 14.4 Å². The Morgan fingerprint density at radius 2 is 2.21 bits per heavy atom. The first-order chi connectivity index (χ1) is 8.91. The quantitative estimate of drug-likeness (QED) is 0.569. The SMILES string of the molecule is CC(=O)NC(CSCC(=O)N1CCNC1=O)C(=O)O. The van der Waals surface area contributed by atoms with Gasteiger partial charge in [0.15, 0.2) is 0 Å². The Balaban J connectivity index is 2.35. The summed E-state index contributed by atoms with van der Waals surface area (Å²) in [6.45, 7) is 1.98. The molecular weight excluding hydrogens is 274 g/mol. The molecular formula is C10H15N3O5S. The van der Waals surface area contributed by atoms with Crippen molar-refractivity contribution in [1.29, 1.82) is 0 Å². The predicted molar refractivity (Wildman–Crippen MR) is 67.7 cm³/mol. The van der Waals surface area contributed by atoms with Crippen molar-refractivity contribution in [1.82, 2.24) is 15.5 Å². The molecule has 3 N–H and O–H groups in total. The third-order valence-corrected chi connectivity index (χ3v) is 3.36. The maximum atomic E-state index is 11.6. The molecule has 0 radical (unpaired) electrons. The van der Waals surface area contributed by atoms with E-state index >= 15 is 0 Å². The molecule has 1 atom stereocenters. The molecule has 19 heavy (non-hydrogen) atoms. The highest BCUT2D eigenvalue weighted by atomic mass is 32.2. The van der Waals surface area contributed by atoms with Gasteiger partial charge >= 0.3 is 12.0 Å². The largest absolute Gasteiger partial charge is 0.480 e. The summed E-state index contributed by atoms with van der Waals surface area (Å²) >= 11 is 1.06. The molecule has 4 amide bonds. The average molecular weight is 289 g/mol. The molecule has 106 valence electrons. The van der Waals surface area contributed by atoms with Crippen LogP contribution < -0.4 is 10.6 Å². The first-order valence-electron chi connectivity index (χ1n) is 5.57. The molecule has 0 aromatic heterocycles. The Bertz CT molecular complexity index is 401. The summed E-state index contributed by atoms with van der Waals surface area (Å²) in [5.41, 5.74) is 0. The number of hydrogen-bond donors (Lipinski definition) is 3. The fraction of sp³-hybridized carbons (Fsp3) is 0.600. The highest BCUT2D eigenvalue weighted by Gasteiger charge is 2.26. The maximum Gasteiger partial charge on any atom is 0.327 e. The van der Waals surface area contributed by atoms with Gasteiger partial charge in [0.2, 0.25) is 11.8 Å². The number of rotatable bonds is 6. The van der Waals surface area contributed by atoms with Gasteiger partial charge in [-0.3, -0.25) is 14.5 Å². The van der Waals surface area contributed by atoms with Crippen molar-refractivity contribution in [3.63, 3.8) is 0 Å². The Hall–Kier alpha value is -1.77. The van der Waals surface area contributed by atoms with Crippen molar-refractivity contribution in [2.75, 3.05) is 24.6 Å². The second kappa shape index (κ2) is 6.98. The molecule has 0 aromatic carbocycles. The second-order valence-electron chi connectivity index (χ2n) is 3.88. The summed E-state index contributed by atoms with van der Waals surface area (Å²) in [6, 6.07) is -1.47. The van der Waals surface area contributed by atoms with Crippen LogP contribution in [0.3, 0.4) is 0 Å². The zero-order valence-corrected chi connectivity index (χ0v) is 11.2. The number of nitrogens with one attached hydrogen (secondary N) is 2. The van der Waals surface area contributed by atoms with Crippen molar-refractivity contribution in [2.45, 2.75) is 13.0 Å². The molecule has 1 rings (SSSR count). The number of imide groups is 1. The average Bonchev–Trinajstić information content (AvgIpc) is 2.73. The minimum atomic E-state index is -1.16. The topological polar surface area (TPSA) is 116 Å². The molecule has 0 bridgehead atoms. The number of aliphatic carboxylic acids is 1. The summed E-state index contributed by atoms with van der Waals surface area (Å²) in [5, 5.41) is 13.6. The highest BCUT2D eigenvalue weighted by Crippen LogP contribution is 2.07. The van der Waals surface area contributed by atoms with E-state index in [1.807, 2.05) is 0 Å². The summed E-state index contributed by atoms with van der Waals surface area (Å²) in [7, 11) is 0. The van der Waals surface area contributed by atoms with Gasteiger partial charge in [0, 0.05) is 25.8 Å². The predicted octanol–water partition coefficient (Wildman–Crippen LogP) is -1.14. The van der Waals surface area contributed by atoms with Crippen LogP contribution in [0.25, 0.3) is 0 Å². The van der Waals surface area contributed by atoms with E-state index < -0.39 is 23.9 Å². The molecule has 1 saturated heterocycles. The molecule has 1 aliphatic rings. The van der Waals surface area contributed by atoms with Crippen LogP contribution in [0.15, 0.2) is 0 Å². The lowest BCUT2D eigenvalue weighted by molar-refractivity contribution is -0.140. The molecule has 1 heterocycles. The Morgan fingerprint density at radius 1 is 1.53 bits per heavy atom. The summed E-state index contributed by atoms with van der Waals surface area (Å²) in [6.07, 6.45) is 0. The van der Waals surface area contributed by atoms with Crippen LogP contribution in [0.2, 0.25) is 0 Å². The van der Waals surface area contributed by atoms with Gasteiger partial charge in [-0.05, 0) is 0 Å². The summed E-state index contributed by atoms with van der Waals surface area (Å²) < 4.78 is 0. The van der Waals surface area contributed by atoms with E-state index in [9.17, 15) is 19.2 Å². The third kappa shape index (κ3) is 4.78. The first kappa shape index (κ1) is 15.3. The summed E-state index contributed by atoms with van der Waals surface area (Å²) in [5.74, 6) is -1.91. The minimum Gasteiger partial charge on any atom is -0.480 e. The lowest BCUT2D eigenvalue weighted by Gasteiger charge is -2.14. The normalized spacial score (nSPS) is 15.8. The van der Waals surface area contributed by atoms with E-state index in [2.05, 4.69) is 10.6 Å². The lowest BCUT2D eigenvalue weighted by Crippen LogP contribution is -2.42. The number of thioether (sulfide) groups is 1. The van der Waals surface area contributed by atoms with E-state index in [1.54, 1.807) is 0 Å². The number of carbonyl (C=O) groups is 4. The molecule has 1 unspecified atom stereocenters. The van der Waals surface area contributed by atoms with Crippen LogP contribution in [0.1, 0.15) is 6.92 Å². The van der Waals surface area contributed by atoms with E-state index in [4.69, 9.17) is 5.11 Å². The van der Waals surface area contributed by atoms with Crippen LogP contribution >= 0.6 is 11.8 Å². The third-order valence-electron chi connectivity index (χ3n) is 2.34. The van der Waals surface area contributed by atoms with Crippen molar-refractivity contribution >= 4 is 35.6 Å². The van der Waals surface area contributed by atoms with Crippen LogP contribution in [0.4, 0.5) is 4.79 Å². The zero-order chi connectivity index (χ0) is 14.4. The number of amides is 4. The van der Waals surface area contributed by atoms with E-state index in [1.165, 1.54) is 6.92 Å². The fourth-order valence-corrected chi connectivity index (χ4v) is 2.38. The molecule has 0 saturated carbocycles. The Kier molecular flexibility index (Phi) is 5.61. The first-order valence-corrected chi connectivity index (χ1v) is 6.73. The molecule has 1 fully saturated rings. The van der Waals surface area contributed by atoms with Gasteiger partial charge < -0.3 is 15.7 Å². The highest BCUT2D eigenvalue weighted by molar-refractivity contribution is 8.00. The molecule has 8 nitrogen and oxygen atoms in total. The second-order valence-corrected chi connectivity index (χ2v) is 4.91. The smallest absolute Gasteiger partial charge is 0.327 e. The van der Waals surface area contributed by atoms with Crippen molar-refractivity contribution in [2.24, 2.45) is 0 Å². The lowest BCUT2D eigenvalue weighted by atomic mass is 10.3. The number of carbonyl (C=O) groups excluding carboxylic acids is 3. The monoisotopic (exact) mass is 289 g/mol. The van der Waals surface area contributed by atoms with Gasteiger partial charge in [0.25, 0.3) is 0 Å². The molecule has 9 heteroatoms. The zero-order valence-electron chi connectivity index (χ0n) is 10.3. The van der Waals surface area contributed by atoms with Crippen molar-refractivity contribution in [3.05, 3.63) is 0 Å². The van der Waals surface area contributed by atoms with Crippen molar-refractivity contribution < 1.29 is 24.3 Å². The van der Waals surface area contributed by atoms with Crippen LogP contribution in [-0.4, -0.2) is 64.5 Å². The Morgan fingerprint density at radius 3 is 2.68 bits per heavy atom. The van der Waals surface area contributed by atoms with Gasteiger partial charge in [-0.2, -0.15) is 0 Å². The fourth-order valence-electron chi connectivity index (χ4n) is 1.47. The molecule has 1 aliphatic heterocycles. The number of nitrogens with zero attached hydrogens (tertiary/aromatic N) is 1. The van der Waals surface area contributed by atoms with Crippen molar-refractivity contribution in [3.8, 4) is 0 Å². The molecule has 0 spiro atoms. The molecule has 0 aromatic rings. The van der Waals surface area contributed by atoms with Gasteiger partial charge in [-0.25, -0.2) is 9.59 Å². The summed E-state index contributed by atoms with van der Waals surface area (Å²) in [4.78, 5) is 45.6. The molecule has 0 aliphatic carbocycles. The Labute approximate surface area is 113 Å². The van der Waals surface area contributed by atoms with E-state index in [-0.39, 0.29) is 17.4 Å². The van der Waals surface area contributed by atoms with Gasteiger partial charge in [-0.1, -0.05) is 0 Å². The van der Waals surface area contributed by atoms with Crippen LogP contribution in [0.5, 0.6) is 0 Å². The number of hydrogen-bond acceptors (Lipinski definition) is 5. The van der Waals surface area contributed by atoms with E-state index in [0.29, 0.717) is 13.1 Å². The van der Waals surface area contributed by atoms with E-state index in [0.717, 1.165) is 16.7 Å². The number of carboxylic acids is 1. The maximum absolute atomic E-state index is 11.6. The van der Waals surface area contributed by atoms with Gasteiger partial charge in [0.1, 0.15) is 6.04 Å². The minimum absolute atomic E-state index is 0.00319. The number of carboxylic acid groups (broad SMARTS) is 1. The standard InChI is InChI=1S/C10H15N3O5S/c1-6(14)12-7(9(16)17)4-19-5-8(15)13-3-2-11-10(13)18/h7H,2-5H2,1H3,(H,11,18)(H,12,14)(H,16,17). The van der Waals surface area contributed by atoms with Gasteiger partial charge in [0.05, 0.1) is 5.75 Å². The van der Waals surface area contributed by atoms with Crippen LogP contribution in [0, 0.1) is 0 Å². The number of urea groups is 1. The van der Waals surface area contributed by atoms with Gasteiger partial charge in [-0.15, -0.1) is 11.8 Å².